The lowest BCUT2D eigenvalue weighted by molar-refractivity contribution is 0.0940. The number of benzene rings is 1. The molecule has 5 nitrogen and oxygen atoms in total. The maximum atomic E-state index is 12.7. The summed E-state index contributed by atoms with van der Waals surface area (Å²) < 4.78 is 0. The van der Waals surface area contributed by atoms with E-state index in [4.69, 9.17) is 4.98 Å². The molecule has 1 fully saturated rings. The predicted molar refractivity (Wildman–Crippen MR) is 114 cm³/mol. The molecule has 0 saturated heterocycles. The molecule has 28 heavy (non-hydrogen) atoms. The van der Waals surface area contributed by atoms with E-state index in [1.54, 1.807) is 0 Å². The molecule has 1 aromatic carbocycles. The molecule has 0 aliphatic heterocycles. The van der Waals surface area contributed by atoms with Crippen LogP contribution in [0.25, 0.3) is 10.9 Å². The third-order valence-corrected chi connectivity index (χ3v) is 5.45. The lowest BCUT2D eigenvalue weighted by Gasteiger charge is -2.23. The fourth-order valence-electron chi connectivity index (χ4n) is 3.65. The van der Waals surface area contributed by atoms with E-state index in [1.807, 2.05) is 13.0 Å². The van der Waals surface area contributed by atoms with Crippen molar-refractivity contribution in [1.82, 2.24) is 15.6 Å². The van der Waals surface area contributed by atoms with Gasteiger partial charge in [-0.25, -0.2) is 4.98 Å². The van der Waals surface area contributed by atoms with Gasteiger partial charge in [0.05, 0.1) is 12.1 Å². The SMILES string of the molecule is CCNC(CO)CNC(=O)c1cc(C)c2cc(C3CC3)cc(C(C)(C)C)c2n1. The largest absolute Gasteiger partial charge is 0.395 e. The Morgan fingerprint density at radius 3 is 2.57 bits per heavy atom. The molecule has 2 aromatic rings. The van der Waals surface area contributed by atoms with E-state index in [2.05, 4.69) is 50.5 Å². The second-order valence-electron chi connectivity index (χ2n) is 8.96. The smallest absolute Gasteiger partial charge is 0.269 e. The van der Waals surface area contributed by atoms with Gasteiger partial charge in [0.15, 0.2) is 0 Å². The number of likely N-dealkylation sites (N-methyl/N-ethyl adjacent to an activating group) is 1. The van der Waals surface area contributed by atoms with E-state index in [1.165, 1.54) is 24.0 Å². The first-order valence-corrected chi connectivity index (χ1v) is 10.3. The Bertz CT molecular complexity index is 866. The number of aromatic nitrogens is 1. The van der Waals surface area contributed by atoms with Crippen molar-refractivity contribution in [1.29, 1.82) is 0 Å². The molecule has 1 aliphatic carbocycles. The van der Waals surface area contributed by atoms with Gasteiger partial charge in [0.1, 0.15) is 5.69 Å². The molecule has 1 unspecified atom stereocenters. The highest BCUT2D eigenvalue weighted by molar-refractivity contribution is 5.97. The number of hydrogen-bond donors (Lipinski definition) is 3. The van der Waals surface area contributed by atoms with Crippen molar-refractivity contribution in [2.75, 3.05) is 19.7 Å². The average Bonchev–Trinajstić information content (AvgIpc) is 3.48. The molecular weight excluding hydrogens is 350 g/mol. The first kappa shape index (κ1) is 20.7. The number of pyridine rings is 1. The van der Waals surface area contributed by atoms with Crippen LogP contribution in [0.2, 0.25) is 0 Å². The zero-order valence-corrected chi connectivity index (χ0v) is 17.7. The fraction of sp³-hybridized carbons (Fsp3) is 0.565. The van der Waals surface area contributed by atoms with E-state index in [9.17, 15) is 9.90 Å². The summed E-state index contributed by atoms with van der Waals surface area (Å²) in [4.78, 5) is 17.5. The number of hydrogen-bond acceptors (Lipinski definition) is 4. The molecule has 1 aliphatic rings. The second-order valence-corrected chi connectivity index (χ2v) is 8.96. The minimum absolute atomic E-state index is 0.0174. The van der Waals surface area contributed by atoms with Crippen LogP contribution in [0, 0.1) is 6.92 Å². The molecule has 1 saturated carbocycles. The van der Waals surface area contributed by atoms with Crippen LogP contribution in [0.1, 0.15) is 73.6 Å². The minimum atomic E-state index is -0.201. The number of rotatable bonds is 7. The van der Waals surface area contributed by atoms with Gasteiger partial charge in [-0.1, -0.05) is 33.8 Å². The van der Waals surface area contributed by atoms with Crippen LogP contribution in [0.4, 0.5) is 0 Å². The number of nitrogens with one attached hydrogen (secondary N) is 2. The topological polar surface area (TPSA) is 74.2 Å². The van der Waals surface area contributed by atoms with Crippen molar-refractivity contribution < 1.29 is 9.90 Å². The first-order valence-electron chi connectivity index (χ1n) is 10.3. The number of fused-ring (bicyclic) bond motifs is 1. The highest BCUT2D eigenvalue weighted by Crippen LogP contribution is 2.43. The maximum Gasteiger partial charge on any atom is 0.269 e. The van der Waals surface area contributed by atoms with Gasteiger partial charge >= 0.3 is 0 Å². The zero-order valence-electron chi connectivity index (χ0n) is 17.7. The third-order valence-electron chi connectivity index (χ3n) is 5.45. The monoisotopic (exact) mass is 383 g/mol. The van der Waals surface area contributed by atoms with Gasteiger partial charge in [-0.2, -0.15) is 0 Å². The highest BCUT2D eigenvalue weighted by Gasteiger charge is 2.28. The summed E-state index contributed by atoms with van der Waals surface area (Å²) in [7, 11) is 0. The molecule has 1 amide bonds. The summed E-state index contributed by atoms with van der Waals surface area (Å²) in [5, 5.41) is 16.6. The molecule has 1 heterocycles. The molecule has 0 radical (unpaired) electrons. The normalized spacial score (nSPS) is 15.6. The van der Waals surface area contributed by atoms with E-state index < -0.39 is 0 Å². The van der Waals surface area contributed by atoms with Crippen LogP contribution >= 0.6 is 0 Å². The van der Waals surface area contributed by atoms with Crippen molar-refractivity contribution in [2.24, 2.45) is 0 Å². The molecule has 1 atom stereocenters. The summed E-state index contributed by atoms with van der Waals surface area (Å²) in [6.45, 7) is 11.7. The average molecular weight is 384 g/mol. The summed E-state index contributed by atoms with van der Waals surface area (Å²) in [6, 6.07) is 6.28. The fourth-order valence-corrected chi connectivity index (χ4v) is 3.65. The number of aryl methyl sites for hydroxylation is 1. The Kier molecular flexibility index (Phi) is 6.06. The van der Waals surface area contributed by atoms with E-state index in [-0.39, 0.29) is 24.0 Å². The number of nitrogens with zero attached hydrogens (tertiary/aromatic N) is 1. The summed E-state index contributed by atoms with van der Waals surface area (Å²) in [6.07, 6.45) is 2.53. The Labute approximate surface area is 167 Å². The van der Waals surface area contributed by atoms with Crippen LogP contribution in [-0.2, 0) is 5.41 Å². The minimum Gasteiger partial charge on any atom is -0.395 e. The molecule has 1 aromatic heterocycles. The summed E-state index contributed by atoms with van der Waals surface area (Å²) in [5.74, 6) is 0.474. The van der Waals surface area contributed by atoms with Gasteiger partial charge in [0.2, 0.25) is 0 Å². The molecular formula is C23H33N3O2. The Balaban J connectivity index is 1.97. The van der Waals surface area contributed by atoms with E-state index >= 15 is 0 Å². The Morgan fingerprint density at radius 1 is 1.29 bits per heavy atom. The van der Waals surface area contributed by atoms with Crippen LogP contribution in [0.15, 0.2) is 18.2 Å². The molecule has 3 N–H and O–H groups in total. The van der Waals surface area contributed by atoms with Crippen LogP contribution in [0.3, 0.4) is 0 Å². The van der Waals surface area contributed by atoms with Gasteiger partial charge in [-0.15, -0.1) is 0 Å². The number of carbonyl (C=O) groups excluding carboxylic acids is 1. The highest BCUT2D eigenvalue weighted by atomic mass is 16.3. The van der Waals surface area contributed by atoms with Crippen LogP contribution < -0.4 is 10.6 Å². The predicted octanol–water partition coefficient (Wildman–Crippen LogP) is 3.42. The Hall–Kier alpha value is -1.98. The van der Waals surface area contributed by atoms with Gasteiger partial charge < -0.3 is 15.7 Å². The number of carbonyl (C=O) groups is 1. The van der Waals surface area contributed by atoms with E-state index in [0.717, 1.165) is 23.0 Å². The van der Waals surface area contributed by atoms with Crippen molar-refractivity contribution in [3.8, 4) is 0 Å². The molecule has 152 valence electrons. The van der Waals surface area contributed by atoms with Gasteiger partial charge in [-0.05, 0) is 66.5 Å². The standard InChI is InChI=1S/C23H33N3O2/c1-6-24-17(13-27)12-25-22(28)20-9-14(2)18-10-16(15-7-8-15)11-19(21(18)26-20)23(3,4)5/h9-11,15,17,24,27H,6-8,12-13H2,1-5H3,(H,25,28). The first-order chi connectivity index (χ1) is 13.2. The molecule has 3 rings (SSSR count). The van der Waals surface area contributed by atoms with Crippen molar-refractivity contribution in [2.45, 2.75) is 64.8 Å². The van der Waals surface area contributed by atoms with Gasteiger partial charge in [0, 0.05) is 18.0 Å². The molecule has 5 heteroatoms. The molecule has 0 spiro atoms. The third kappa shape index (κ3) is 4.53. The maximum absolute atomic E-state index is 12.7. The molecule has 0 bridgehead atoms. The number of aliphatic hydroxyl groups excluding tert-OH is 1. The van der Waals surface area contributed by atoms with Crippen molar-refractivity contribution in [3.05, 3.63) is 40.6 Å². The number of aliphatic hydroxyl groups is 1. The summed E-state index contributed by atoms with van der Waals surface area (Å²) in [5.41, 5.74) is 4.98. The second kappa shape index (κ2) is 8.18. The van der Waals surface area contributed by atoms with Crippen molar-refractivity contribution in [3.63, 3.8) is 0 Å². The van der Waals surface area contributed by atoms with Gasteiger partial charge in [-0.3, -0.25) is 4.79 Å². The lowest BCUT2D eigenvalue weighted by Crippen LogP contribution is -2.43. The Morgan fingerprint density at radius 2 is 2.00 bits per heavy atom. The number of amides is 1. The quantitative estimate of drug-likeness (QED) is 0.685. The van der Waals surface area contributed by atoms with E-state index in [0.29, 0.717) is 18.2 Å². The zero-order chi connectivity index (χ0) is 20.5. The van der Waals surface area contributed by atoms with Crippen LogP contribution in [0.5, 0.6) is 0 Å². The van der Waals surface area contributed by atoms with Crippen molar-refractivity contribution >= 4 is 16.8 Å². The van der Waals surface area contributed by atoms with Crippen LogP contribution in [-0.4, -0.2) is 41.7 Å². The summed E-state index contributed by atoms with van der Waals surface area (Å²) >= 11 is 0. The van der Waals surface area contributed by atoms with Gasteiger partial charge in [0.25, 0.3) is 5.91 Å². The lowest BCUT2D eigenvalue weighted by atomic mass is 9.83.